The van der Waals surface area contributed by atoms with Gasteiger partial charge in [0.1, 0.15) is 0 Å². The molecule has 0 spiro atoms. The Hall–Kier alpha value is -0.665. The predicted molar refractivity (Wildman–Crippen MR) is 33.0 cm³/mol. The zero-order chi connectivity index (χ0) is 6.69. The fourth-order valence-electron chi connectivity index (χ4n) is 0.974. The van der Waals surface area contributed by atoms with Crippen LogP contribution in [0.3, 0.4) is 0 Å². The highest BCUT2D eigenvalue weighted by molar-refractivity contribution is 6.05. The van der Waals surface area contributed by atoms with Gasteiger partial charge in [0.05, 0.1) is 0 Å². The van der Waals surface area contributed by atoms with Crippen molar-refractivity contribution < 1.29 is 9.45 Å². The molecule has 0 atom stereocenters. The predicted octanol–water partition coefficient (Wildman–Crippen LogP) is 0.302. The van der Waals surface area contributed by atoms with E-state index in [4.69, 9.17) is 0 Å². The molecule has 4 heteroatoms. The van der Waals surface area contributed by atoms with Gasteiger partial charge in [0.25, 0.3) is 0 Å². The summed E-state index contributed by atoms with van der Waals surface area (Å²) in [7, 11) is 4.66. The second kappa shape index (κ2) is 2.76. The van der Waals surface area contributed by atoms with Gasteiger partial charge >= 0.3 is 14.1 Å². The highest BCUT2D eigenvalue weighted by Gasteiger charge is 2.16. The Bertz CT molecular complexity index is 112. The van der Waals surface area contributed by atoms with Crippen LogP contribution < -0.4 is 0 Å². The quantitative estimate of drug-likeness (QED) is 0.435. The van der Waals surface area contributed by atoms with Crippen molar-refractivity contribution >= 4 is 14.1 Å². The molecule has 1 fully saturated rings. The molecule has 2 radical (unpaired) electrons. The zero-order valence-corrected chi connectivity index (χ0v) is 5.17. The van der Waals surface area contributed by atoms with Crippen LogP contribution in [-0.2, 0) is 4.65 Å². The Labute approximate surface area is 55.4 Å². The van der Waals surface area contributed by atoms with E-state index in [9.17, 15) is 4.79 Å². The number of carbonyl (C=O) groups excluding carboxylic acids is 1. The lowest BCUT2D eigenvalue weighted by atomic mass is 10.4. The van der Waals surface area contributed by atoms with E-state index in [0.717, 1.165) is 25.9 Å². The molecule has 0 aliphatic carbocycles. The second-order valence-electron chi connectivity index (χ2n) is 2.08. The second-order valence-corrected chi connectivity index (χ2v) is 2.08. The van der Waals surface area contributed by atoms with Crippen molar-refractivity contribution in [3.05, 3.63) is 0 Å². The summed E-state index contributed by atoms with van der Waals surface area (Å²) in [5.41, 5.74) is 0. The Balaban J connectivity index is 2.32. The van der Waals surface area contributed by atoms with Gasteiger partial charge in [-0.15, -0.1) is 0 Å². The van der Waals surface area contributed by atoms with E-state index in [-0.39, 0.29) is 0 Å². The summed E-state index contributed by atoms with van der Waals surface area (Å²) in [6, 6.07) is 0. The first-order valence-electron chi connectivity index (χ1n) is 3.00. The highest BCUT2D eigenvalue weighted by Crippen LogP contribution is 2.07. The number of hydrogen-bond acceptors (Lipinski definition) is 2. The van der Waals surface area contributed by atoms with Crippen molar-refractivity contribution in [2.75, 3.05) is 13.1 Å². The molecule has 9 heavy (non-hydrogen) atoms. The van der Waals surface area contributed by atoms with E-state index in [1.807, 2.05) is 0 Å². The number of rotatable bonds is 0. The first-order valence-corrected chi connectivity index (χ1v) is 3.00. The summed E-state index contributed by atoms with van der Waals surface area (Å²) in [5, 5.41) is 0. The first kappa shape index (κ1) is 6.45. The summed E-state index contributed by atoms with van der Waals surface area (Å²) in [5.74, 6) is 0. The maximum atomic E-state index is 10.6. The van der Waals surface area contributed by atoms with Crippen LogP contribution in [0.5, 0.6) is 0 Å². The third-order valence-corrected chi connectivity index (χ3v) is 1.47. The molecule has 0 aromatic carbocycles. The van der Waals surface area contributed by atoms with Crippen molar-refractivity contribution in [1.29, 1.82) is 0 Å². The van der Waals surface area contributed by atoms with Crippen LogP contribution in [-0.4, -0.2) is 32.1 Å². The number of carbonyl (C=O) groups is 1. The summed E-state index contributed by atoms with van der Waals surface area (Å²) < 4.78 is 4.02. The van der Waals surface area contributed by atoms with Gasteiger partial charge in [-0.05, 0) is 12.8 Å². The number of amides is 1. The molecule has 1 saturated heterocycles. The SMILES string of the molecule is [B]OC(=O)N1CCCC1. The van der Waals surface area contributed by atoms with Gasteiger partial charge in [0, 0.05) is 13.1 Å². The van der Waals surface area contributed by atoms with E-state index in [0.29, 0.717) is 0 Å². The summed E-state index contributed by atoms with van der Waals surface area (Å²) in [6.07, 6.45) is 1.72. The minimum absolute atomic E-state index is 0.410. The van der Waals surface area contributed by atoms with Crippen LogP contribution in [0.25, 0.3) is 0 Å². The largest absolute Gasteiger partial charge is 0.528 e. The van der Waals surface area contributed by atoms with Crippen LogP contribution in [0, 0.1) is 0 Å². The number of hydrogen-bond donors (Lipinski definition) is 0. The fourth-order valence-corrected chi connectivity index (χ4v) is 0.974. The third-order valence-electron chi connectivity index (χ3n) is 1.47. The van der Waals surface area contributed by atoms with Gasteiger partial charge in [0.2, 0.25) is 0 Å². The Morgan fingerprint density at radius 2 is 2.00 bits per heavy atom. The minimum atomic E-state index is -0.410. The normalized spacial score (nSPS) is 18.0. The summed E-state index contributed by atoms with van der Waals surface area (Å²) >= 11 is 0. The Morgan fingerprint density at radius 1 is 1.44 bits per heavy atom. The van der Waals surface area contributed by atoms with Crippen LogP contribution in [0.1, 0.15) is 12.8 Å². The van der Waals surface area contributed by atoms with E-state index >= 15 is 0 Å². The number of likely N-dealkylation sites (tertiary alicyclic amines) is 1. The first-order chi connectivity index (χ1) is 4.34. The van der Waals surface area contributed by atoms with Crippen LogP contribution in [0.4, 0.5) is 4.79 Å². The molecule has 0 aromatic heterocycles. The van der Waals surface area contributed by atoms with Gasteiger partial charge in [-0.25, -0.2) is 4.79 Å². The van der Waals surface area contributed by atoms with Crippen molar-refractivity contribution in [2.45, 2.75) is 12.8 Å². The molecule has 1 heterocycles. The average molecular weight is 125 g/mol. The topological polar surface area (TPSA) is 29.5 Å². The van der Waals surface area contributed by atoms with E-state index < -0.39 is 6.09 Å². The van der Waals surface area contributed by atoms with E-state index in [2.05, 4.69) is 12.7 Å². The summed E-state index contributed by atoms with van der Waals surface area (Å²) in [4.78, 5) is 12.2. The molecule has 48 valence electrons. The average Bonchev–Trinajstić information content (AvgIpc) is 2.37. The van der Waals surface area contributed by atoms with Gasteiger partial charge in [-0.3, -0.25) is 0 Å². The molecule has 1 amide bonds. The van der Waals surface area contributed by atoms with Crippen molar-refractivity contribution in [2.24, 2.45) is 0 Å². The smallest absolute Gasteiger partial charge is 0.391 e. The monoisotopic (exact) mass is 125 g/mol. The van der Waals surface area contributed by atoms with Crippen molar-refractivity contribution in [1.82, 2.24) is 4.90 Å². The number of nitrogens with zero attached hydrogens (tertiary/aromatic N) is 1. The molecule has 1 aliphatic rings. The minimum Gasteiger partial charge on any atom is -0.528 e. The Morgan fingerprint density at radius 3 is 2.44 bits per heavy atom. The fraction of sp³-hybridized carbons (Fsp3) is 0.800. The van der Waals surface area contributed by atoms with Crippen molar-refractivity contribution in [3.8, 4) is 0 Å². The molecule has 0 aromatic rings. The molecule has 3 nitrogen and oxygen atoms in total. The molecular weight excluding hydrogens is 117 g/mol. The maximum Gasteiger partial charge on any atom is 0.391 e. The molecule has 0 N–H and O–H groups in total. The molecule has 1 rings (SSSR count). The molecular formula is C5H8BNO2. The van der Waals surface area contributed by atoms with Gasteiger partial charge in [0.15, 0.2) is 0 Å². The molecule has 0 bridgehead atoms. The standard InChI is InChI=1S/C5H8BNO2/c6-9-5(8)7-3-1-2-4-7/h1-4H2. The molecule has 0 unspecified atom stereocenters. The van der Waals surface area contributed by atoms with Crippen LogP contribution in [0.2, 0.25) is 0 Å². The van der Waals surface area contributed by atoms with Gasteiger partial charge < -0.3 is 9.55 Å². The van der Waals surface area contributed by atoms with E-state index in [1.54, 1.807) is 4.90 Å². The van der Waals surface area contributed by atoms with Crippen LogP contribution >= 0.6 is 0 Å². The van der Waals surface area contributed by atoms with Gasteiger partial charge in [-0.1, -0.05) is 0 Å². The lowest BCUT2D eigenvalue weighted by molar-refractivity contribution is 0.167. The van der Waals surface area contributed by atoms with E-state index in [1.165, 1.54) is 0 Å². The van der Waals surface area contributed by atoms with Crippen LogP contribution in [0.15, 0.2) is 0 Å². The molecule has 1 aliphatic heterocycles. The maximum absolute atomic E-state index is 10.6. The lowest BCUT2D eigenvalue weighted by Crippen LogP contribution is -2.27. The lowest BCUT2D eigenvalue weighted by Gasteiger charge is -2.12. The van der Waals surface area contributed by atoms with Crippen molar-refractivity contribution in [3.63, 3.8) is 0 Å². The van der Waals surface area contributed by atoms with Gasteiger partial charge in [-0.2, -0.15) is 0 Å². The highest BCUT2D eigenvalue weighted by atomic mass is 16.5. The molecule has 0 saturated carbocycles. The summed E-state index contributed by atoms with van der Waals surface area (Å²) in [6.45, 7) is 1.58. The Kier molecular flexibility index (Phi) is 1.98. The zero-order valence-electron chi connectivity index (χ0n) is 5.17. The third kappa shape index (κ3) is 1.37.